The highest BCUT2D eigenvalue weighted by atomic mass is 32.1. The third-order valence-electron chi connectivity index (χ3n) is 4.40. The van der Waals surface area contributed by atoms with E-state index in [1.54, 1.807) is 0 Å². The molecule has 3 nitrogen and oxygen atoms in total. The summed E-state index contributed by atoms with van der Waals surface area (Å²) in [6, 6.07) is 0.753. The molecule has 2 heterocycles. The number of nitrogens with one attached hydrogen (secondary N) is 1. The Morgan fingerprint density at radius 3 is 2.68 bits per heavy atom. The third-order valence-corrected chi connectivity index (χ3v) is 5.54. The van der Waals surface area contributed by atoms with Crippen LogP contribution in [-0.4, -0.2) is 29.0 Å². The van der Waals surface area contributed by atoms with Gasteiger partial charge in [-0.2, -0.15) is 0 Å². The third kappa shape index (κ3) is 3.56. The van der Waals surface area contributed by atoms with Crippen molar-refractivity contribution in [3.63, 3.8) is 0 Å². The number of thiazole rings is 1. The smallest absolute Gasteiger partial charge is 0.107 e. The first-order valence-corrected chi connectivity index (χ1v) is 8.54. The number of aromatic nitrogens is 1. The van der Waals surface area contributed by atoms with Crippen molar-refractivity contribution in [2.45, 2.75) is 64.6 Å². The van der Waals surface area contributed by atoms with Gasteiger partial charge in [-0.05, 0) is 45.7 Å². The lowest BCUT2D eigenvalue weighted by Crippen LogP contribution is -2.25. The van der Waals surface area contributed by atoms with Crippen molar-refractivity contribution >= 4 is 11.3 Å². The predicted octanol–water partition coefficient (Wildman–Crippen LogP) is 3.08. The van der Waals surface area contributed by atoms with Crippen molar-refractivity contribution in [2.24, 2.45) is 0 Å². The molecular formula is C15H25N3S. The highest BCUT2D eigenvalue weighted by molar-refractivity contribution is 7.11. The Morgan fingerprint density at radius 1 is 1.21 bits per heavy atom. The molecule has 0 unspecified atom stereocenters. The van der Waals surface area contributed by atoms with Crippen molar-refractivity contribution in [1.29, 1.82) is 0 Å². The van der Waals surface area contributed by atoms with Gasteiger partial charge in [-0.25, -0.2) is 4.98 Å². The van der Waals surface area contributed by atoms with Gasteiger partial charge in [-0.15, -0.1) is 11.3 Å². The zero-order valence-corrected chi connectivity index (χ0v) is 12.8. The molecule has 0 amide bonds. The SMILES string of the molecule is Cc1nc(CN2CCCC2)sc1CNC1CCCC1. The first-order valence-electron chi connectivity index (χ1n) is 7.72. The van der Waals surface area contributed by atoms with Crippen LogP contribution in [0.1, 0.15) is 54.1 Å². The Balaban J connectivity index is 1.54. The number of aryl methyl sites for hydroxylation is 1. The predicted molar refractivity (Wildman–Crippen MR) is 80.5 cm³/mol. The minimum absolute atomic E-state index is 0.753. The molecule has 1 saturated carbocycles. The lowest BCUT2D eigenvalue weighted by Gasteiger charge is -2.11. The van der Waals surface area contributed by atoms with Crippen LogP contribution in [0, 0.1) is 6.92 Å². The fourth-order valence-corrected chi connectivity index (χ4v) is 4.28. The van der Waals surface area contributed by atoms with Gasteiger partial charge in [-0.3, -0.25) is 4.90 Å². The maximum Gasteiger partial charge on any atom is 0.107 e. The first-order chi connectivity index (χ1) is 9.31. The molecule has 0 radical (unpaired) electrons. The second kappa shape index (κ2) is 6.33. The number of likely N-dealkylation sites (tertiary alicyclic amines) is 1. The van der Waals surface area contributed by atoms with Crippen LogP contribution in [0.2, 0.25) is 0 Å². The summed E-state index contributed by atoms with van der Waals surface area (Å²) in [5.74, 6) is 0. The number of hydrogen-bond donors (Lipinski definition) is 1. The number of rotatable bonds is 5. The van der Waals surface area contributed by atoms with Crippen LogP contribution in [0.3, 0.4) is 0 Å². The molecule has 2 fully saturated rings. The maximum absolute atomic E-state index is 4.76. The average Bonchev–Trinajstić information content (AvgIpc) is 3.10. The topological polar surface area (TPSA) is 28.2 Å². The zero-order chi connectivity index (χ0) is 13.1. The van der Waals surface area contributed by atoms with E-state index in [0.29, 0.717) is 0 Å². The Labute approximate surface area is 120 Å². The average molecular weight is 279 g/mol. The molecule has 0 aromatic carbocycles. The van der Waals surface area contributed by atoms with Crippen LogP contribution in [0.4, 0.5) is 0 Å². The quantitative estimate of drug-likeness (QED) is 0.898. The summed E-state index contributed by atoms with van der Waals surface area (Å²) < 4.78 is 0. The van der Waals surface area contributed by atoms with Gasteiger partial charge in [0.25, 0.3) is 0 Å². The molecular weight excluding hydrogens is 254 g/mol. The summed E-state index contributed by atoms with van der Waals surface area (Å²) in [5.41, 5.74) is 1.24. The van der Waals surface area contributed by atoms with Crippen molar-refractivity contribution in [3.8, 4) is 0 Å². The molecule has 0 atom stereocenters. The van der Waals surface area contributed by atoms with Gasteiger partial charge in [0.15, 0.2) is 0 Å². The van der Waals surface area contributed by atoms with Gasteiger partial charge in [0.2, 0.25) is 0 Å². The second-order valence-corrected chi connectivity index (χ2v) is 7.13. The molecule has 4 heteroatoms. The zero-order valence-electron chi connectivity index (χ0n) is 12.0. The van der Waals surface area contributed by atoms with E-state index in [9.17, 15) is 0 Å². The Morgan fingerprint density at radius 2 is 1.95 bits per heavy atom. The van der Waals surface area contributed by atoms with Crippen LogP contribution in [0.15, 0.2) is 0 Å². The Kier molecular flexibility index (Phi) is 4.51. The van der Waals surface area contributed by atoms with E-state index in [1.807, 2.05) is 11.3 Å². The molecule has 1 aliphatic carbocycles. The summed E-state index contributed by atoms with van der Waals surface area (Å²) in [7, 11) is 0. The van der Waals surface area contributed by atoms with E-state index in [2.05, 4.69) is 17.1 Å². The van der Waals surface area contributed by atoms with Crippen LogP contribution in [-0.2, 0) is 13.1 Å². The summed E-state index contributed by atoms with van der Waals surface area (Å²) in [6.45, 7) is 6.77. The minimum Gasteiger partial charge on any atom is -0.309 e. The van der Waals surface area contributed by atoms with Crippen molar-refractivity contribution in [1.82, 2.24) is 15.2 Å². The van der Waals surface area contributed by atoms with E-state index < -0.39 is 0 Å². The normalized spacial score (nSPS) is 21.5. The standard InChI is InChI=1S/C15H25N3S/c1-12-14(10-16-13-6-2-3-7-13)19-15(17-12)11-18-8-4-5-9-18/h13,16H,2-11H2,1H3. The maximum atomic E-state index is 4.76. The molecule has 19 heavy (non-hydrogen) atoms. The van der Waals surface area contributed by atoms with Gasteiger partial charge >= 0.3 is 0 Å². The monoisotopic (exact) mass is 279 g/mol. The lowest BCUT2D eigenvalue weighted by molar-refractivity contribution is 0.330. The number of nitrogens with zero attached hydrogens (tertiary/aromatic N) is 2. The van der Waals surface area contributed by atoms with Gasteiger partial charge in [0.1, 0.15) is 5.01 Å². The fourth-order valence-electron chi connectivity index (χ4n) is 3.22. The van der Waals surface area contributed by atoms with Crippen LogP contribution in [0.5, 0.6) is 0 Å². The molecule has 0 bridgehead atoms. The van der Waals surface area contributed by atoms with Crippen LogP contribution in [0.25, 0.3) is 0 Å². The Hall–Kier alpha value is -0.450. The summed E-state index contributed by atoms with van der Waals surface area (Å²) in [5, 5.41) is 5.01. The minimum atomic E-state index is 0.753. The van der Waals surface area contributed by atoms with Crippen molar-refractivity contribution < 1.29 is 0 Å². The summed E-state index contributed by atoms with van der Waals surface area (Å²) in [4.78, 5) is 8.74. The fraction of sp³-hybridized carbons (Fsp3) is 0.800. The molecule has 1 aromatic rings. The molecule has 0 spiro atoms. The van der Waals surface area contributed by atoms with Crippen LogP contribution < -0.4 is 5.32 Å². The van der Waals surface area contributed by atoms with Gasteiger partial charge in [0.05, 0.1) is 12.2 Å². The van der Waals surface area contributed by atoms with E-state index in [1.165, 1.54) is 67.2 Å². The highest BCUT2D eigenvalue weighted by Crippen LogP contribution is 2.23. The van der Waals surface area contributed by atoms with E-state index >= 15 is 0 Å². The molecule has 1 aliphatic heterocycles. The first kappa shape index (κ1) is 13.5. The van der Waals surface area contributed by atoms with E-state index in [4.69, 9.17) is 4.98 Å². The van der Waals surface area contributed by atoms with Gasteiger partial charge in [-0.1, -0.05) is 12.8 Å². The van der Waals surface area contributed by atoms with Gasteiger partial charge < -0.3 is 5.32 Å². The van der Waals surface area contributed by atoms with E-state index in [0.717, 1.165) is 19.1 Å². The van der Waals surface area contributed by atoms with Gasteiger partial charge in [0, 0.05) is 17.5 Å². The van der Waals surface area contributed by atoms with E-state index in [-0.39, 0.29) is 0 Å². The summed E-state index contributed by atoms with van der Waals surface area (Å²) >= 11 is 1.91. The van der Waals surface area contributed by atoms with Crippen molar-refractivity contribution in [2.75, 3.05) is 13.1 Å². The largest absolute Gasteiger partial charge is 0.309 e. The molecule has 106 valence electrons. The second-order valence-electron chi connectivity index (χ2n) is 5.96. The van der Waals surface area contributed by atoms with Crippen LogP contribution >= 0.6 is 11.3 Å². The molecule has 1 N–H and O–H groups in total. The lowest BCUT2D eigenvalue weighted by atomic mass is 10.2. The highest BCUT2D eigenvalue weighted by Gasteiger charge is 2.17. The Bertz CT molecular complexity index is 404. The van der Waals surface area contributed by atoms with Crippen molar-refractivity contribution in [3.05, 3.63) is 15.6 Å². The molecule has 2 aliphatic rings. The molecule has 1 aromatic heterocycles. The molecule has 3 rings (SSSR count). The summed E-state index contributed by atoms with van der Waals surface area (Å²) in [6.07, 6.45) is 8.25. The molecule has 1 saturated heterocycles. The number of hydrogen-bond acceptors (Lipinski definition) is 4.